The van der Waals surface area contributed by atoms with Crippen molar-refractivity contribution in [2.45, 2.75) is 64.1 Å². The second-order valence-corrected chi connectivity index (χ2v) is 5.90. The van der Waals surface area contributed by atoms with Crippen LogP contribution in [0.25, 0.3) is 0 Å². The molecule has 0 aromatic rings. The molecule has 0 aliphatic carbocycles. The fourth-order valence-electron chi connectivity index (χ4n) is 3.51. The topological polar surface area (TPSA) is 49.6 Å². The summed E-state index contributed by atoms with van der Waals surface area (Å²) in [7, 11) is 0. The third kappa shape index (κ3) is 3.04. The number of carbonyl (C=O) groups excluding carboxylic acids is 1. The second kappa shape index (κ2) is 6.02. The van der Waals surface area contributed by atoms with Crippen molar-refractivity contribution in [2.24, 2.45) is 5.73 Å². The van der Waals surface area contributed by atoms with Crippen LogP contribution in [-0.4, -0.2) is 53.5 Å². The number of piperidine rings is 2. The van der Waals surface area contributed by atoms with Gasteiger partial charge in [-0.15, -0.1) is 0 Å². The smallest absolute Gasteiger partial charge is 0.219 e. The fourth-order valence-corrected chi connectivity index (χ4v) is 3.51. The predicted molar refractivity (Wildman–Crippen MR) is 73.3 cm³/mol. The van der Waals surface area contributed by atoms with Crippen molar-refractivity contribution < 1.29 is 4.79 Å². The second-order valence-electron chi connectivity index (χ2n) is 5.90. The molecule has 2 saturated heterocycles. The maximum atomic E-state index is 11.3. The largest absolute Gasteiger partial charge is 0.343 e. The van der Waals surface area contributed by atoms with Gasteiger partial charge in [-0.25, -0.2) is 0 Å². The normalized spacial score (nSPS) is 29.3. The average molecular weight is 253 g/mol. The lowest BCUT2D eigenvalue weighted by molar-refractivity contribution is -0.130. The van der Waals surface area contributed by atoms with E-state index in [1.165, 1.54) is 25.8 Å². The van der Waals surface area contributed by atoms with Gasteiger partial charge in [-0.1, -0.05) is 6.42 Å². The van der Waals surface area contributed by atoms with E-state index in [9.17, 15) is 4.79 Å². The molecule has 2 aliphatic rings. The molecule has 2 N–H and O–H groups in total. The maximum absolute atomic E-state index is 11.3. The lowest BCUT2D eigenvalue weighted by atomic mass is 9.92. The highest BCUT2D eigenvalue weighted by Crippen LogP contribution is 2.26. The lowest BCUT2D eigenvalue weighted by Gasteiger charge is -2.46. The van der Waals surface area contributed by atoms with Gasteiger partial charge in [0.25, 0.3) is 0 Å². The van der Waals surface area contributed by atoms with Gasteiger partial charge in [0.2, 0.25) is 5.91 Å². The first-order chi connectivity index (χ1) is 8.59. The Hall–Kier alpha value is -0.610. The summed E-state index contributed by atoms with van der Waals surface area (Å²) < 4.78 is 0. The fraction of sp³-hybridized carbons (Fsp3) is 0.929. The molecule has 0 aromatic carbocycles. The first-order valence-corrected chi connectivity index (χ1v) is 7.36. The Labute approximate surface area is 110 Å². The van der Waals surface area contributed by atoms with Crippen molar-refractivity contribution in [3.63, 3.8) is 0 Å². The van der Waals surface area contributed by atoms with Gasteiger partial charge in [0.15, 0.2) is 0 Å². The number of hydrogen-bond acceptors (Lipinski definition) is 3. The molecule has 4 nitrogen and oxygen atoms in total. The zero-order valence-electron chi connectivity index (χ0n) is 11.8. The molecule has 0 aromatic heterocycles. The van der Waals surface area contributed by atoms with E-state index in [2.05, 4.69) is 11.8 Å². The Balaban J connectivity index is 1.92. The van der Waals surface area contributed by atoms with Gasteiger partial charge in [-0.3, -0.25) is 9.69 Å². The number of amides is 1. The Morgan fingerprint density at radius 1 is 1.17 bits per heavy atom. The van der Waals surface area contributed by atoms with Crippen LogP contribution >= 0.6 is 0 Å². The zero-order valence-corrected chi connectivity index (χ0v) is 11.8. The molecule has 18 heavy (non-hydrogen) atoms. The molecule has 104 valence electrons. The standard InChI is InChI=1S/C14H27N3O/c1-11(15)14-5-3-4-8-17(14)13-6-9-16(10-7-13)12(2)18/h11,13-14H,3-10,15H2,1-2H3. The Morgan fingerprint density at radius 2 is 1.83 bits per heavy atom. The van der Waals surface area contributed by atoms with Crippen LogP contribution in [0.15, 0.2) is 0 Å². The van der Waals surface area contributed by atoms with Crippen molar-refractivity contribution in [3.8, 4) is 0 Å². The SMILES string of the molecule is CC(=O)N1CCC(N2CCCCC2C(C)N)CC1. The molecule has 2 unspecified atom stereocenters. The summed E-state index contributed by atoms with van der Waals surface area (Å²) in [5.41, 5.74) is 6.13. The quantitative estimate of drug-likeness (QED) is 0.804. The van der Waals surface area contributed by atoms with Crippen molar-refractivity contribution in [1.29, 1.82) is 0 Å². The molecular weight excluding hydrogens is 226 g/mol. The van der Waals surface area contributed by atoms with Gasteiger partial charge < -0.3 is 10.6 Å². The van der Waals surface area contributed by atoms with E-state index in [1.807, 2.05) is 4.90 Å². The van der Waals surface area contributed by atoms with Crippen molar-refractivity contribution in [1.82, 2.24) is 9.80 Å². The minimum absolute atomic E-state index is 0.218. The molecule has 2 fully saturated rings. The minimum atomic E-state index is 0.218. The van der Waals surface area contributed by atoms with Gasteiger partial charge in [0.1, 0.15) is 0 Å². The molecule has 0 bridgehead atoms. The summed E-state index contributed by atoms with van der Waals surface area (Å²) in [5, 5.41) is 0. The molecule has 2 heterocycles. The summed E-state index contributed by atoms with van der Waals surface area (Å²) in [6, 6.07) is 1.45. The molecule has 0 saturated carbocycles. The van der Waals surface area contributed by atoms with Crippen LogP contribution in [0.3, 0.4) is 0 Å². The van der Waals surface area contributed by atoms with E-state index in [-0.39, 0.29) is 11.9 Å². The van der Waals surface area contributed by atoms with Crippen LogP contribution in [0.2, 0.25) is 0 Å². The minimum Gasteiger partial charge on any atom is -0.343 e. The summed E-state index contributed by atoms with van der Waals surface area (Å²) in [6.07, 6.45) is 6.08. The molecular formula is C14H27N3O. The van der Waals surface area contributed by atoms with Crippen molar-refractivity contribution in [2.75, 3.05) is 19.6 Å². The van der Waals surface area contributed by atoms with Gasteiger partial charge in [0.05, 0.1) is 0 Å². The highest BCUT2D eigenvalue weighted by Gasteiger charge is 2.33. The van der Waals surface area contributed by atoms with Crippen LogP contribution < -0.4 is 5.73 Å². The van der Waals surface area contributed by atoms with Gasteiger partial charge >= 0.3 is 0 Å². The van der Waals surface area contributed by atoms with Crippen LogP contribution in [0.5, 0.6) is 0 Å². The van der Waals surface area contributed by atoms with E-state index in [0.717, 1.165) is 25.9 Å². The Morgan fingerprint density at radius 3 is 2.39 bits per heavy atom. The number of nitrogens with two attached hydrogens (primary N) is 1. The van der Waals surface area contributed by atoms with Crippen LogP contribution in [0.1, 0.15) is 46.0 Å². The molecule has 1 amide bonds. The number of carbonyl (C=O) groups is 1. The molecule has 2 rings (SSSR count). The van der Waals surface area contributed by atoms with E-state index in [4.69, 9.17) is 5.73 Å². The van der Waals surface area contributed by atoms with Crippen molar-refractivity contribution in [3.05, 3.63) is 0 Å². The number of likely N-dealkylation sites (tertiary alicyclic amines) is 2. The molecule has 0 spiro atoms. The third-order valence-corrected chi connectivity index (χ3v) is 4.58. The zero-order chi connectivity index (χ0) is 13.1. The summed E-state index contributed by atoms with van der Waals surface area (Å²) in [6.45, 7) is 6.83. The summed E-state index contributed by atoms with van der Waals surface area (Å²) >= 11 is 0. The van der Waals surface area contributed by atoms with E-state index in [0.29, 0.717) is 12.1 Å². The molecule has 0 radical (unpaired) electrons. The first kappa shape index (κ1) is 13.8. The van der Waals surface area contributed by atoms with Crippen molar-refractivity contribution >= 4 is 5.91 Å². The third-order valence-electron chi connectivity index (χ3n) is 4.58. The highest BCUT2D eigenvalue weighted by molar-refractivity contribution is 5.73. The number of rotatable bonds is 2. The summed E-state index contributed by atoms with van der Waals surface area (Å²) in [5.74, 6) is 0.218. The van der Waals surface area contributed by atoms with Gasteiger partial charge in [-0.2, -0.15) is 0 Å². The number of hydrogen-bond donors (Lipinski definition) is 1. The van der Waals surface area contributed by atoms with E-state index < -0.39 is 0 Å². The summed E-state index contributed by atoms with van der Waals surface area (Å²) in [4.78, 5) is 16.0. The van der Waals surface area contributed by atoms with E-state index >= 15 is 0 Å². The number of nitrogens with zero attached hydrogens (tertiary/aromatic N) is 2. The highest BCUT2D eigenvalue weighted by atomic mass is 16.2. The Bertz CT molecular complexity index is 285. The van der Waals surface area contributed by atoms with Gasteiger partial charge in [-0.05, 0) is 39.2 Å². The molecule has 2 aliphatic heterocycles. The van der Waals surface area contributed by atoms with Crippen LogP contribution in [0.4, 0.5) is 0 Å². The monoisotopic (exact) mass is 253 g/mol. The van der Waals surface area contributed by atoms with Gasteiger partial charge in [0, 0.05) is 38.1 Å². The Kier molecular flexibility index (Phi) is 4.62. The first-order valence-electron chi connectivity index (χ1n) is 7.36. The maximum Gasteiger partial charge on any atom is 0.219 e. The molecule has 2 atom stereocenters. The predicted octanol–water partition coefficient (Wildman–Crippen LogP) is 1.20. The van der Waals surface area contributed by atoms with Crippen LogP contribution in [-0.2, 0) is 4.79 Å². The van der Waals surface area contributed by atoms with Crippen LogP contribution in [0, 0.1) is 0 Å². The average Bonchev–Trinajstić information content (AvgIpc) is 2.39. The lowest BCUT2D eigenvalue weighted by Crippen LogP contribution is -2.56. The van der Waals surface area contributed by atoms with E-state index in [1.54, 1.807) is 6.92 Å². The molecule has 4 heteroatoms.